The van der Waals surface area contributed by atoms with Gasteiger partial charge in [0.25, 0.3) is 0 Å². The van der Waals surface area contributed by atoms with Gasteiger partial charge >= 0.3 is 0 Å². The van der Waals surface area contributed by atoms with Gasteiger partial charge in [-0.1, -0.05) is 6.92 Å². The summed E-state index contributed by atoms with van der Waals surface area (Å²) in [6.45, 7) is 4.05. The predicted octanol–water partition coefficient (Wildman–Crippen LogP) is 2.15. The standard InChI is InChI=1S/C13H18BrN5/c1-5-11-9(6-8(2)17-18-11)12(15-3)13-10(14)7-16-19(13)4/h6-7,12,15H,5H2,1-4H3. The number of nitrogens with zero attached hydrogens (tertiary/aromatic N) is 4. The van der Waals surface area contributed by atoms with Crippen LogP contribution in [0.2, 0.25) is 0 Å². The van der Waals surface area contributed by atoms with Gasteiger partial charge in [-0.3, -0.25) is 4.68 Å². The third-order valence-electron chi connectivity index (χ3n) is 3.17. The fourth-order valence-electron chi connectivity index (χ4n) is 2.24. The highest BCUT2D eigenvalue weighted by molar-refractivity contribution is 9.10. The molecule has 0 saturated carbocycles. The molecule has 2 aromatic rings. The van der Waals surface area contributed by atoms with E-state index in [2.05, 4.69) is 49.5 Å². The summed E-state index contributed by atoms with van der Waals surface area (Å²) in [5.41, 5.74) is 4.18. The third-order valence-corrected chi connectivity index (χ3v) is 3.78. The maximum absolute atomic E-state index is 4.30. The molecule has 0 aliphatic rings. The monoisotopic (exact) mass is 323 g/mol. The highest BCUT2D eigenvalue weighted by Gasteiger charge is 2.22. The molecular weight excluding hydrogens is 306 g/mol. The second-order valence-electron chi connectivity index (χ2n) is 4.46. The summed E-state index contributed by atoms with van der Waals surface area (Å²) < 4.78 is 2.87. The van der Waals surface area contributed by atoms with Gasteiger partial charge < -0.3 is 5.32 Å². The Morgan fingerprint density at radius 3 is 2.68 bits per heavy atom. The molecule has 0 aromatic carbocycles. The van der Waals surface area contributed by atoms with E-state index in [-0.39, 0.29) is 6.04 Å². The topological polar surface area (TPSA) is 55.6 Å². The molecule has 19 heavy (non-hydrogen) atoms. The Kier molecular flexibility index (Phi) is 4.31. The van der Waals surface area contributed by atoms with Gasteiger partial charge in [0.1, 0.15) is 0 Å². The molecular formula is C13H18BrN5. The van der Waals surface area contributed by atoms with Crippen LogP contribution in [0, 0.1) is 6.92 Å². The first kappa shape index (κ1) is 14.1. The number of aromatic nitrogens is 4. The van der Waals surface area contributed by atoms with Crippen molar-refractivity contribution in [3.63, 3.8) is 0 Å². The quantitative estimate of drug-likeness (QED) is 0.936. The molecule has 1 unspecified atom stereocenters. The van der Waals surface area contributed by atoms with E-state index in [1.54, 1.807) is 0 Å². The maximum Gasteiger partial charge on any atom is 0.0776 e. The summed E-state index contributed by atoms with van der Waals surface area (Å²) in [5, 5.41) is 16.1. The van der Waals surface area contributed by atoms with Crippen LogP contribution < -0.4 is 5.32 Å². The van der Waals surface area contributed by atoms with Crippen molar-refractivity contribution in [3.05, 3.63) is 39.4 Å². The van der Waals surface area contributed by atoms with Crippen LogP contribution in [-0.4, -0.2) is 27.0 Å². The predicted molar refractivity (Wildman–Crippen MR) is 78.0 cm³/mol. The minimum atomic E-state index is 0.0472. The van der Waals surface area contributed by atoms with Gasteiger partial charge in [0.2, 0.25) is 0 Å². The van der Waals surface area contributed by atoms with Crippen molar-refractivity contribution >= 4 is 15.9 Å². The van der Waals surface area contributed by atoms with Crippen molar-refractivity contribution in [2.24, 2.45) is 7.05 Å². The van der Waals surface area contributed by atoms with Crippen LogP contribution in [0.25, 0.3) is 0 Å². The number of rotatable bonds is 4. The first-order chi connectivity index (χ1) is 9.08. The van der Waals surface area contributed by atoms with Crippen molar-refractivity contribution in [2.45, 2.75) is 26.3 Å². The molecule has 102 valence electrons. The highest BCUT2D eigenvalue weighted by atomic mass is 79.9. The molecule has 0 fully saturated rings. The zero-order valence-electron chi connectivity index (χ0n) is 11.6. The third kappa shape index (κ3) is 2.69. The second-order valence-corrected chi connectivity index (χ2v) is 5.32. The number of hydrogen-bond donors (Lipinski definition) is 1. The lowest BCUT2D eigenvalue weighted by Crippen LogP contribution is -2.23. The molecule has 1 N–H and O–H groups in total. The van der Waals surface area contributed by atoms with E-state index in [9.17, 15) is 0 Å². The normalized spacial score (nSPS) is 12.7. The van der Waals surface area contributed by atoms with Crippen LogP contribution >= 0.6 is 15.9 Å². The summed E-state index contributed by atoms with van der Waals surface area (Å²) in [6, 6.07) is 2.14. The minimum absolute atomic E-state index is 0.0472. The van der Waals surface area contributed by atoms with E-state index in [4.69, 9.17) is 0 Å². The Balaban J connectivity index is 2.57. The average molecular weight is 324 g/mol. The molecule has 0 aliphatic carbocycles. The molecule has 0 radical (unpaired) electrons. The molecule has 0 saturated heterocycles. The van der Waals surface area contributed by atoms with Crippen LogP contribution in [0.3, 0.4) is 0 Å². The van der Waals surface area contributed by atoms with E-state index in [0.717, 1.165) is 33.5 Å². The Bertz CT molecular complexity index is 559. The Hall–Kier alpha value is -1.27. The fraction of sp³-hybridized carbons (Fsp3) is 0.462. The summed E-state index contributed by atoms with van der Waals surface area (Å²) in [4.78, 5) is 0. The van der Waals surface area contributed by atoms with Gasteiger partial charge in [0.05, 0.1) is 33.8 Å². The van der Waals surface area contributed by atoms with Crippen LogP contribution in [0.5, 0.6) is 0 Å². The first-order valence-corrected chi connectivity index (χ1v) is 7.05. The average Bonchev–Trinajstić information content (AvgIpc) is 2.72. The van der Waals surface area contributed by atoms with Crippen molar-refractivity contribution < 1.29 is 0 Å². The molecule has 1 atom stereocenters. The SMILES string of the molecule is CCc1nnc(C)cc1C(NC)c1c(Br)cnn1C. The smallest absolute Gasteiger partial charge is 0.0776 e. The molecule has 2 rings (SSSR count). The lowest BCUT2D eigenvalue weighted by molar-refractivity contribution is 0.594. The van der Waals surface area contributed by atoms with Crippen LogP contribution in [0.4, 0.5) is 0 Å². The molecule has 0 bridgehead atoms. The lowest BCUT2D eigenvalue weighted by atomic mass is 10.0. The van der Waals surface area contributed by atoms with Gasteiger partial charge in [-0.15, -0.1) is 0 Å². The lowest BCUT2D eigenvalue weighted by Gasteiger charge is -2.20. The number of aryl methyl sites for hydroxylation is 3. The van der Waals surface area contributed by atoms with Gasteiger partial charge in [-0.2, -0.15) is 15.3 Å². The molecule has 2 heterocycles. The van der Waals surface area contributed by atoms with Crippen LogP contribution in [0.15, 0.2) is 16.7 Å². The van der Waals surface area contributed by atoms with Crippen molar-refractivity contribution in [3.8, 4) is 0 Å². The zero-order chi connectivity index (χ0) is 14.0. The Labute approximate surface area is 121 Å². The molecule has 5 nitrogen and oxygen atoms in total. The minimum Gasteiger partial charge on any atom is -0.308 e. The second kappa shape index (κ2) is 5.79. The van der Waals surface area contributed by atoms with Crippen LogP contribution in [0.1, 0.15) is 35.6 Å². The van der Waals surface area contributed by atoms with Gasteiger partial charge in [-0.25, -0.2) is 0 Å². The van der Waals surface area contributed by atoms with E-state index < -0.39 is 0 Å². The summed E-state index contributed by atoms with van der Waals surface area (Å²) in [5.74, 6) is 0. The number of nitrogens with one attached hydrogen (secondary N) is 1. The highest BCUT2D eigenvalue weighted by Crippen LogP contribution is 2.29. The van der Waals surface area contributed by atoms with Crippen LogP contribution in [-0.2, 0) is 13.5 Å². The van der Waals surface area contributed by atoms with E-state index in [1.165, 1.54) is 0 Å². The van der Waals surface area contributed by atoms with Gasteiger partial charge in [-0.05, 0) is 42.4 Å². The van der Waals surface area contributed by atoms with E-state index in [1.807, 2.05) is 31.9 Å². The summed E-state index contributed by atoms with van der Waals surface area (Å²) in [7, 11) is 3.89. The van der Waals surface area contributed by atoms with Crippen molar-refractivity contribution in [1.82, 2.24) is 25.3 Å². The van der Waals surface area contributed by atoms with Crippen molar-refractivity contribution in [2.75, 3.05) is 7.05 Å². The van der Waals surface area contributed by atoms with Crippen molar-refractivity contribution in [1.29, 1.82) is 0 Å². The molecule has 0 aliphatic heterocycles. The zero-order valence-corrected chi connectivity index (χ0v) is 13.2. The molecule has 2 aromatic heterocycles. The number of halogens is 1. The van der Waals surface area contributed by atoms with E-state index in [0.29, 0.717) is 0 Å². The van der Waals surface area contributed by atoms with Gasteiger partial charge in [0, 0.05) is 12.6 Å². The first-order valence-electron chi connectivity index (χ1n) is 6.26. The summed E-state index contributed by atoms with van der Waals surface area (Å²) in [6.07, 6.45) is 2.67. The Morgan fingerprint density at radius 1 is 1.42 bits per heavy atom. The van der Waals surface area contributed by atoms with Gasteiger partial charge in [0.15, 0.2) is 0 Å². The molecule has 6 heteroatoms. The number of hydrogen-bond acceptors (Lipinski definition) is 4. The molecule has 0 amide bonds. The fourth-order valence-corrected chi connectivity index (χ4v) is 2.82. The summed E-state index contributed by atoms with van der Waals surface area (Å²) >= 11 is 3.56. The Morgan fingerprint density at radius 2 is 2.16 bits per heavy atom. The van der Waals surface area contributed by atoms with E-state index >= 15 is 0 Å². The largest absolute Gasteiger partial charge is 0.308 e. The maximum atomic E-state index is 4.30. The molecule has 0 spiro atoms.